The van der Waals surface area contributed by atoms with E-state index in [4.69, 9.17) is 4.74 Å². The minimum Gasteiger partial charge on any atom is -0.496 e. The molecule has 0 radical (unpaired) electrons. The number of likely N-dealkylation sites (tertiary alicyclic amines) is 1. The first-order valence-electron chi connectivity index (χ1n) is 7.26. The molecule has 3 nitrogen and oxygen atoms in total. The second-order valence-electron chi connectivity index (χ2n) is 5.52. The summed E-state index contributed by atoms with van der Waals surface area (Å²) in [5.41, 5.74) is 1.31. The normalized spacial score (nSPS) is 24.4. The van der Waals surface area contributed by atoms with Gasteiger partial charge in [0.2, 0.25) is 0 Å². The third kappa shape index (κ3) is 3.71. The first-order valence-corrected chi connectivity index (χ1v) is 7.26. The Bertz CT molecular complexity index is 394. The lowest BCUT2D eigenvalue weighted by Gasteiger charge is -2.36. The Hall–Kier alpha value is -1.06. The largest absolute Gasteiger partial charge is 0.496 e. The van der Waals surface area contributed by atoms with Crippen molar-refractivity contribution in [2.45, 2.75) is 25.8 Å². The first kappa shape index (κ1) is 14.4. The Labute approximate surface area is 116 Å². The van der Waals surface area contributed by atoms with Gasteiger partial charge in [0, 0.05) is 19.1 Å². The molecule has 0 amide bonds. The van der Waals surface area contributed by atoms with E-state index >= 15 is 0 Å². The van der Waals surface area contributed by atoms with Gasteiger partial charge >= 0.3 is 0 Å². The summed E-state index contributed by atoms with van der Waals surface area (Å²) in [5, 5.41) is 3.42. The predicted octanol–water partition coefficient (Wildman–Crippen LogP) is 2.17. The van der Waals surface area contributed by atoms with Crippen molar-refractivity contribution >= 4 is 0 Å². The van der Waals surface area contributed by atoms with Crippen LogP contribution in [0.4, 0.5) is 0 Å². The fraction of sp³-hybridized carbons (Fsp3) is 0.625. The van der Waals surface area contributed by atoms with Crippen LogP contribution in [0.2, 0.25) is 0 Å². The van der Waals surface area contributed by atoms with Gasteiger partial charge < -0.3 is 15.0 Å². The summed E-state index contributed by atoms with van der Waals surface area (Å²) in [6.07, 6.45) is 2.32. The van der Waals surface area contributed by atoms with Gasteiger partial charge in [0.15, 0.2) is 0 Å². The van der Waals surface area contributed by atoms with Crippen molar-refractivity contribution < 1.29 is 4.74 Å². The Morgan fingerprint density at radius 1 is 1.37 bits per heavy atom. The maximum atomic E-state index is 5.41. The van der Waals surface area contributed by atoms with Crippen molar-refractivity contribution in [1.82, 2.24) is 10.2 Å². The van der Waals surface area contributed by atoms with Crippen LogP contribution in [0, 0.1) is 5.92 Å². The number of ether oxygens (including phenoxy) is 1. The SMILES string of the molecule is CNC1CCN(CCc2ccccc2OC)CC1C. The molecule has 1 heterocycles. The number of methoxy groups -OCH3 is 1. The zero-order chi connectivity index (χ0) is 13.7. The Morgan fingerprint density at radius 3 is 2.84 bits per heavy atom. The van der Waals surface area contributed by atoms with Gasteiger partial charge in [0.05, 0.1) is 7.11 Å². The number of hydrogen-bond donors (Lipinski definition) is 1. The number of piperidine rings is 1. The van der Waals surface area contributed by atoms with Gasteiger partial charge in [0.1, 0.15) is 5.75 Å². The topological polar surface area (TPSA) is 24.5 Å². The van der Waals surface area contributed by atoms with E-state index in [9.17, 15) is 0 Å². The van der Waals surface area contributed by atoms with Crippen LogP contribution in [0.5, 0.6) is 5.75 Å². The fourth-order valence-electron chi connectivity index (χ4n) is 3.05. The van der Waals surface area contributed by atoms with E-state index in [1.165, 1.54) is 25.1 Å². The molecule has 1 aromatic carbocycles. The summed E-state index contributed by atoms with van der Waals surface area (Å²) in [5.74, 6) is 1.75. The molecule has 0 bridgehead atoms. The summed E-state index contributed by atoms with van der Waals surface area (Å²) >= 11 is 0. The molecule has 1 fully saturated rings. The standard InChI is InChI=1S/C16H26N2O/c1-13-12-18(11-9-15(13)17-2)10-8-14-6-4-5-7-16(14)19-3/h4-7,13,15,17H,8-12H2,1-3H3. The molecule has 1 aliphatic heterocycles. The molecule has 0 aromatic heterocycles. The molecule has 1 saturated heterocycles. The molecule has 2 atom stereocenters. The van der Waals surface area contributed by atoms with E-state index < -0.39 is 0 Å². The fourth-order valence-corrected chi connectivity index (χ4v) is 3.05. The zero-order valence-corrected chi connectivity index (χ0v) is 12.4. The van der Waals surface area contributed by atoms with E-state index in [1.54, 1.807) is 7.11 Å². The molecule has 2 unspecified atom stereocenters. The summed E-state index contributed by atoms with van der Waals surface area (Å²) in [6, 6.07) is 9.02. The lowest BCUT2D eigenvalue weighted by atomic mass is 9.94. The molecular weight excluding hydrogens is 236 g/mol. The molecule has 1 N–H and O–H groups in total. The van der Waals surface area contributed by atoms with Crippen molar-refractivity contribution in [3.8, 4) is 5.75 Å². The van der Waals surface area contributed by atoms with Gasteiger partial charge in [-0.3, -0.25) is 0 Å². The van der Waals surface area contributed by atoms with E-state index in [0.717, 1.165) is 24.6 Å². The van der Waals surface area contributed by atoms with E-state index in [0.29, 0.717) is 6.04 Å². The number of benzene rings is 1. The van der Waals surface area contributed by atoms with Gasteiger partial charge in [-0.05, 0) is 44.0 Å². The minimum atomic E-state index is 0.683. The second kappa shape index (κ2) is 6.92. The predicted molar refractivity (Wildman–Crippen MR) is 79.8 cm³/mol. The monoisotopic (exact) mass is 262 g/mol. The molecule has 1 aliphatic rings. The molecular formula is C16H26N2O. The van der Waals surface area contributed by atoms with Crippen molar-refractivity contribution in [2.24, 2.45) is 5.92 Å². The number of nitrogens with one attached hydrogen (secondary N) is 1. The van der Waals surface area contributed by atoms with Crippen LogP contribution in [0.1, 0.15) is 18.9 Å². The van der Waals surface area contributed by atoms with Crippen LogP contribution in [0.25, 0.3) is 0 Å². The number of para-hydroxylation sites is 1. The van der Waals surface area contributed by atoms with Crippen LogP contribution in [-0.2, 0) is 6.42 Å². The molecule has 0 spiro atoms. The van der Waals surface area contributed by atoms with Crippen molar-refractivity contribution in [1.29, 1.82) is 0 Å². The lowest BCUT2D eigenvalue weighted by molar-refractivity contribution is 0.152. The Morgan fingerprint density at radius 2 is 2.16 bits per heavy atom. The van der Waals surface area contributed by atoms with Crippen LogP contribution in [0.15, 0.2) is 24.3 Å². The number of hydrogen-bond acceptors (Lipinski definition) is 3. The highest BCUT2D eigenvalue weighted by Crippen LogP contribution is 2.20. The van der Waals surface area contributed by atoms with E-state index in [1.807, 2.05) is 12.1 Å². The Balaban J connectivity index is 1.86. The molecule has 2 rings (SSSR count). The second-order valence-corrected chi connectivity index (χ2v) is 5.52. The highest BCUT2D eigenvalue weighted by atomic mass is 16.5. The average molecular weight is 262 g/mol. The highest BCUT2D eigenvalue weighted by Gasteiger charge is 2.24. The van der Waals surface area contributed by atoms with E-state index in [2.05, 4.69) is 36.3 Å². The van der Waals surface area contributed by atoms with Crippen LogP contribution in [0.3, 0.4) is 0 Å². The molecule has 0 aliphatic carbocycles. The molecule has 106 valence electrons. The van der Waals surface area contributed by atoms with Gasteiger partial charge in [0.25, 0.3) is 0 Å². The number of rotatable bonds is 5. The van der Waals surface area contributed by atoms with Gasteiger partial charge in [-0.1, -0.05) is 25.1 Å². The summed E-state index contributed by atoms with van der Waals surface area (Å²) < 4.78 is 5.41. The van der Waals surface area contributed by atoms with Crippen molar-refractivity contribution in [3.05, 3.63) is 29.8 Å². The maximum Gasteiger partial charge on any atom is 0.122 e. The average Bonchev–Trinajstić information content (AvgIpc) is 2.45. The van der Waals surface area contributed by atoms with Gasteiger partial charge in [-0.15, -0.1) is 0 Å². The summed E-state index contributed by atoms with van der Waals surface area (Å²) in [6.45, 7) is 5.86. The highest BCUT2D eigenvalue weighted by molar-refractivity contribution is 5.33. The van der Waals surface area contributed by atoms with Crippen LogP contribution >= 0.6 is 0 Å². The van der Waals surface area contributed by atoms with Crippen molar-refractivity contribution in [2.75, 3.05) is 33.8 Å². The van der Waals surface area contributed by atoms with E-state index in [-0.39, 0.29) is 0 Å². The molecule has 1 aromatic rings. The number of nitrogens with zero attached hydrogens (tertiary/aromatic N) is 1. The maximum absolute atomic E-state index is 5.41. The van der Waals surface area contributed by atoms with Crippen molar-refractivity contribution in [3.63, 3.8) is 0 Å². The smallest absolute Gasteiger partial charge is 0.122 e. The molecule has 0 saturated carbocycles. The third-order valence-electron chi connectivity index (χ3n) is 4.25. The lowest BCUT2D eigenvalue weighted by Crippen LogP contribution is -2.47. The Kier molecular flexibility index (Phi) is 5.23. The first-order chi connectivity index (χ1) is 9.24. The minimum absolute atomic E-state index is 0.683. The van der Waals surface area contributed by atoms with Gasteiger partial charge in [-0.2, -0.15) is 0 Å². The zero-order valence-electron chi connectivity index (χ0n) is 12.4. The summed E-state index contributed by atoms with van der Waals surface area (Å²) in [7, 11) is 3.82. The van der Waals surface area contributed by atoms with Crippen LogP contribution < -0.4 is 10.1 Å². The summed E-state index contributed by atoms with van der Waals surface area (Å²) in [4.78, 5) is 2.57. The molecule has 19 heavy (non-hydrogen) atoms. The third-order valence-corrected chi connectivity index (χ3v) is 4.25. The molecule has 3 heteroatoms. The van der Waals surface area contributed by atoms with Gasteiger partial charge in [-0.25, -0.2) is 0 Å². The quantitative estimate of drug-likeness (QED) is 0.880. The van der Waals surface area contributed by atoms with Crippen LogP contribution in [-0.4, -0.2) is 44.7 Å².